The molecule has 2 N–H and O–H groups in total. The first-order valence-electron chi connectivity index (χ1n) is 9.18. The van der Waals surface area contributed by atoms with Crippen molar-refractivity contribution in [2.24, 2.45) is 0 Å². The fourth-order valence-electron chi connectivity index (χ4n) is 3.40. The van der Waals surface area contributed by atoms with Gasteiger partial charge >= 0.3 is 0 Å². The molecule has 6 nitrogen and oxygen atoms in total. The lowest BCUT2D eigenvalue weighted by molar-refractivity contribution is -0.131. The summed E-state index contributed by atoms with van der Waals surface area (Å²) in [6.45, 7) is 3.95. The van der Waals surface area contributed by atoms with Crippen molar-refractivity contribution >= 4 is 17.7 Å². The molecule has 0 bridgehead atoms. The van der Waals surface area contributed by atoms with Crippen LogP contribution in [0.15, 0.2) is 29.4 Å². The Balaban J connectivity index is 1.68. The number of thioether (sulfide) groups is 1. The Bertz CT molecular complexity index is 752. The summed E-state index contributed by atoms with van der Waals surface area (Å²) in [5.41, 5.74) is 2.09. The Kier molecular flexibility index (Phi) is 5.86. The molecule has 0 radical (unpaired) electrons. The molecule has 26 heavy (non-hydrogen) atoms. The van der Waals surface area contributed by atoms with Crippen molar-refractivity contribution in [3.63, 3.8) is 0 Å². The molecule has 7 heteroatoms. The Morgan fingerprint density at radius 2 is 1.88 bits per heavy atom. The van der Waals surface area contributed by atoms with Gasteiger partial charge in [-0.3, -0.25) is 4.79 Å². The highest BCUT2D eigenvalue weighted by Crippen LogP contribution is 2.28. The van der Waals surface area contributed by atoms with Crippen LogP contribution in [-0.2, 0) is 4.79 Å². The molecule has 3 rings (SSSR count). The molecule has 1 heterocycles. The van der Waals surface area contributed by atoms with Gasteiger partial charge in [-0.25, -0.2) is 4.68 Å². The summed E-state index contributed by atoms with van der Waals surface area (Å²) in [7, 11) is 1.92. The van der Waals surface area contributed by atoms with E-state index < -0.39 is 0 Å². The average molecular weight is 374 g/mol. The van der Waals surface area contributed by atoms with Gasteiger partial charge in [-0.1, -0.05) is 60.9 Å². The fraction of sp³-hybridized carbons (Fsp3) is 0.526. The van der Waals surface area contributed by atoms with Crippen LogP contribution in [0.4, 0.5) is 0 Å². The minimum atomic E-state index is -0.251. The van der Waals surface area contributed by atoms with Gasteiger partial charge in [-0.05, 0) is 26.7 Å². The standard InChI is InChI=1S/C19H27N5OS/c1-13-9-11-15(12-10-13)17-21-22-19(24(17)20)26-14(2)18(25)23(3)16-7-5-4-6-8-16/h9-12,14,16H,4-8,20H2,1-3H3. The van der Waals surface area contributed by atoms with E-state index in [2.05, 4.69) is 10.2 Å². The molecule has 1 aliphatic carbocycles. The largest absolute Gasteiger partial charge is 0.342 e. The van der Waals surface area contributed by atoms with Gasteiger partial charge in [0.25, 0.3) is 0 Å². The number of hydrogen-bond donors (Lipinski definition) is 1. The van der Waals surface area contributed by atoms with E-state index >= 15 is 0 Å². The van der Waals surface area contributed by atoms with Crippen LogP contribution in [-0.4, -0.2) is 44.0 Å². The van der Waals surface area contributed by atoms with Crippen LogP contribution in [0.3, 0.4) is 0 Å². The van der Waals surface area contributed by atoms with Gasteiger partial charge in [0, 0.05) is 18.7 Å². The van der Waals surface area contributed by atoms with Gasteiger partial charge in [0.15, 0.2) is 5.82 Å². The van der Waals surface area contributed by atoms with E-state index in [-0.39, 0.29) is 11.2 Å². The Labute approximate surface area is 159 Å². The second kappa shape index (κ2) is 8.12. The van der Waals surface area contributed by atoms with Crippen molar-refractivity contribution in [1.29, 1.82) is 0 Å². The quantitative estimate of drug-likeness (QED) is 0.643. The van der Waals surface area contributed by atoms with Crippen molar-refractivity contribution in [3.8, 4) is 11.4 Å². The monoisotopic (exact) mass is 373 g/mol. The zero-order valence-electron chi connectivity index (χ0n) is 15.7. The molecule has 0 aliphatic heterocycles. The van der Waals surface area contributed by atoms with Gasteiger partial charge in [0.05, 0.1) is 5.25 Å². The predicted molar refractivity (Wildman–Crippen MR) is 105 cm³/mol. The van der Waals surface area contributed by atoms with E-state index in [0.29, 0.717) is 17.0 Å². The van der Waals surface area contributed by atoms with Gasteiger partial charge in [-0.15, -0.1) is 10.2 Å². The summed E-state index contributed by atoms with van der Waals surface area (Å²) >= 11 is 1.36. The molecule has 0 saturated heterocycles. The van der Waals surface area contributed by atoms with Crippen molar-refractivity contribution in [2.45, 2.75) is 62.4 Å². The van der Waals surface area contributed by atoms with Crippen LogP contribution < -0.4 is 5.84 Å². The number of nitrogens with zero attached hydrogens (tertiary/aromatic N) is 4. The zero-order valence-corrected chi connectivity index (χ0v) is 16.5. The van der Waals surface area contributed by atoms with E-state index in [1.165, 1.54) is 41.3 Å². The van der Waals surface area contributed by atoms with E-state index in [1.807, 2.05) is 50.1 Å². The van der Waals surface area contributed by atoms with Crippen LogP contribution in [0.2, 0.25) is 0 Å². The molecule has 1 unspecified atom stereocenters. The Hall–Kier alpha value is -2.02. The highest BCUT2D eigenvalue weighted by molar-refractivity contribution is 8.00. The van der Waals surface area contributed by atoms with Gasteiger partial charge < -0.3 is 10.7 Å². The molecule has 1 fully saturated rings. The second-order valence-corrected chi connectivity index (χ2v) is 8.35. The van der Waals surface area contributed by atoms with Crippen molar-refractivity contribution in [2.75, 3.05) is 12.9 Å². The number of nitrogens with two attached hydrogens (primary N) is 1. The second-order valence-electron chi connectivity index (χ2n) is 7.04. The van der Waals surface area contributed by atoms with E-state index in [1.54, 1.807) is 0 Å². The summed E-state index contributed by atoms with van der Waals surface area (Å²) in [5.74, 6) is 6.92. The summed E-state index contributed by atoms with van der Waals surface area (Å²) in [6, 6.07) is 8.34. The topological polar surface area (TPSA) is 77.0 Å². The van der Waals surface area contributed by atoms with Crippen LogP contribution >= 0.6 is 11.8 Å². The molecule has 1 atom stereocenters. The minimum absolute atomic E-state index is 0.127. The molecule has 2 aromatic rings. The molecule has 1 amide bonds. The van der Waals surface area contributed by atoms with Gasteiger partial charge in [0.2, 0.25) is 11.1 Å². The minimum Gasteiger partial charge on any atom is -0.342 e. The van der Waals surface area contributed by atoms with Gasteiger partial charge in [-0.2, -0.15) is 0 Å². The third-order valence-electron chi connectivity index (χ3n) is 5.07. The summed E-state index contributed by atoms with van der Waals surface area (Å²) in [5, 5.41) is 8.70. The predicted octanol–water partition coefficient (Wildman–Crippen LogP) is 3.24. The molecule has 1 saturated carbocycles. The number of benzene rings is 1. The SMILES string of the molecule is Cc1ccc(-c2nnc(SC(C)C(=O)N(C)C3CCCCC3)n2N)cc1. The number of aromatic nitrogens is 3. The van der Waals surface area contributed by atoms with E-state index in [4.69, 9.17) is 5.84 Å². The number of amides is 1. The molecular formula is C19H27N5OS. The van der Waals surface area contributed by atoms with Crippen LogP contribution in [0, 0.1) is 6.92 Å². The summed E-state index contributed by atoms with van der Waals surface area (Å²) in [6.07, 6.45) is 5.90. The van der Waals surface area contributed by atoms with Crippen LogP contribution in [0.5, 0.6) is 0 Å². The lowest BCUT2D eigenvalue weighted by Crippen LogP contribution is -2.42. The van der Waals surface area contributed by atoms with Crippen LogP contribution in [0.1, 0.15) is 44.6 Å². The first kappa shape index (κ1) is 18.8. The van der Waals surface area contributed by atoms with Gasteiger partial charge in [0.1, 0.15) is 0 Å². The Morgan fingerprint density at radius 3 is 2.54 bits per heavy atom. The molecular weight excluding hydrogens is 346 g/mol. The normalized spacial score (nSPS) is 16.4. The average Bonchev–Trinajstić information content (AvgIpc) is 3.02. The number of rotatable bonds is 5. The Morgan fingerprint density at radius 1 is 1.23 bits per heavy atom. The first-order valence-corrected chi connectivity index (χ1v) is 10.1. The third kappa shape index (κ3) is 4.03. The summed E-state index contributed by atoms with van der Waals surface area (Å²) in [4.78, 5) is 14.7. The highest BCUT2D eigenvalue weighted by Gasteiger charge is 2.27. The molecule has 140 valence electrons. The van der Waals surface area contributed by atoms with Crippen molar-refractivity contribution < 1.29 is 4.79 Å². The maximum absolute atomic E-state index is 12.8. The maximum Gasteiger partial charge on any atom is 0.235 e. The van der Waals surface area contributed by atoms with Crippen molar-refractivity contribution in [1.82, 2.24) is 19.8 Å². The fourth-order valence-corrected chi connectivity index (χ4v) is 4.27. The maximum atomic E-state index is 12.8. The number of aryl methyl sites for hydroxylation is 1. The molecule has 1 aromatic heterocycles. The number of carbonyl (C=O) groups excluding carboxylic acids is 1. The number of hydrogen-bond acceptors (Lipinski definition) is 5. The summed E-state index contributed by atoms with van der Waals surface area (Å²) < 4.78 is 1.47. The lowest BCUT2D eigenvalue weighted by atomic mass is 9.94. The highest BCUT2D eigenvalue weighted by atomic mass is 32.2. The van der Waals surface area contributed by atoms with Crippen molar-refractivity contribution in [3.05, 3.63) is 29.8 Å². The smallest absolute Gasteiger partial charge is 0.235 e. The van der Waals surface area contributed by atoms with Crippen LogP contribution in [0.25, 0.3) is 11.4 Å². The third-order valence-corrected chi connectivity index (χ3v) is 6.12. The van der Waals surface area contributed by atoms with E-state index in [0.717, 1.165) is 18.4 Å². The lowest BCUT2D eigenvalue weighted by Gasteiger charge is -2.32. The molecule has 1 aliphatic rings. The van der Waals surface area contributed by atoms with E-state index in [9.17, 15) is 4.79 Å². The number of nitrogen functional groups attached to an aromatic ring is 1. The number of carbonyl (C=O) groups is 1. The molecule has 0 spiro atoms. The zero-order chi connectivity index (χ0) is 18.7. The molecule has 1 aromatic carbocycles. The first-order chi connectivity index (χ1) is 12.5.